The van der Waals surface area contributed by atoms with Crippen LogP contribution in [-0.4, -0.2) is 37.7 Å². The van der Waals surface area contributed by atoms with Crippen molar-refractivity contribution in [1.29, 1.82) is 0 Å². The van der Waals surface area contributed by atoms with Crippen LogP contribution in [0.5, 0.6) is 5.75 Å². The second-order valence-corrected chi connectivity index (χ2v) is 6.58. The van der Waals surface area contributed by atoms with Gasteiger partial charge in [-0.1, -0.05) is 26.0 Å². The van der Waals surface area contributed by atoms with Crippen molar-refractivity contribution < 1.29 is 4.74 Å². The van der Waals surface area contributed by atoms with Crippen molar-refractivity contribution in [2.24, 2.45) is 11.8 Å². The molecule has 1 heterocycles. The molecular formula is C18H30N2O. The predicted molar refractivity (Wildman–Crippen MR) is 88.7 cm³/mol. The molecule has 0 saturated carbocycles. The van der Waals surface area contributed by atoms with Gasteiger partial charge in [0.15, 0.2) is 0 Å². The summed E-state index contributed by atoms with van der Waals surface area (Å²) >= 11 is 0. The quantitative estimate of drug-likeness (QED) is 0.871. The summed E-state index contributed by atoms with van der Waals surface area (Å²) in [5.74, 6) is 2.56. The summed E-state index contributed by atoms with van der Waals surface area (Å²) in [6.07, 6.45) is 1.35. The molecule has 118 valence electrons. The Morgan fingerprint density at radius 1 is 1.19 bits per heavy atom. The first kappa shape index (κ1) is 16.3. The largest absolute Gasteiger partial charge is 0.492 e. The molecule has 1 aromatic carbocycles. The van der Waals surface area contributed by atoms with E-state index in [0.29, 0.717) is 6.04 Å². The number of benzene rings is 1. The van der Waals surface area contributed by atoms with Crippen LogP contribution >= 0.6 is 0 Å². The molecule has 0 spiro atoms. The Hall–Kier alpha value is -1.06. The molecule has 0 radical (unpaired) electrons. The molecule has 1 aliphatic heterocycles. The maximum absolute atomic E-state index is 5.90. The first-order valence-corrected chi connectivity index (χ1v) is 8.20. The monoisotopic (exact) mass is 290 g/mol. The molecule has 1 aliphatic rings. The summed E-state index contributed by atoms with van der Waals surface area (Å²) in [4.78, 5) is 2.58. The third kappa shape index (κ3) is 4.72. The van der Waals surface area contributed by atoms with E-state index in [0.717, 1.165) is 37.3 Å². The van der Waals surface area contributed by atoms with Gasteiger partial charge in [-0.2, -0.15) is 0 Å². The molecule has 0 aromatic heterocycles. The van der Waals surface area contributed by atoms with Crippen LogP contribution in [0.25, 0.3) is 0 Å². The summed E-state index contributed by atoms with van der Waals surface area (Å²) in [5.41, 5.74) is 1.29. The number of rotatable bonds is 6. The van der Waals surface area contributed by atoms with E-state index in [1.165, 1.54) is 18.5 Å². The molecule has 0 bridgehead atoms. The van der Waals surface area contributed by atoms with Crippen LogP contribution in [0.1, 0.15) is 32.8 Å². The van der Waals surface area contributed by atoms with Gasteiger partial charge < -0.3 is 10.1 Å². The molecule has 1 saturated heterocycles. The van der Waals surface area contributed by atoms with E-state index in [-0.39, 0.29) is 0 Å². The lowest BCUT2D eigenvalue weighted by Gasteiger charge is -2.41. The van der Waals surface area contributed by atoms with E-state index < -0.39 is 0 Å². The molecule has 3 unspecified atom stereocenters. The average Bonchev–Trinajstić information content (AvgIpc) is 2.46. The highest BCUT2D eigenvalue weighted by molar-refractivity contribution is 5.27. The highest BCUT2D eigenvalue weighted by Crippen LogP contribution is 2.26. The standard InChI is InChI=1S/C18H30N2O/c1-14-11-15(2)16(3)20(13-14)9-10-21-18-7-5-17(6-8-18)12-19-4/h5-8,14-16,19H,9-13H2,1-4H3. The summed E-state index contributed by atoms with van der Waals surface area (Å²) in [6.45, 7) is 11.0. The third-order valence-electron chi connectivity index (χ3n) is 4.67. The molecule has 3 nitrogen and oxygen atoms in total. The summed E-state index contributed by atoms with van der Waals surface area (Å²) in [5, 5.41) is 3.16. The van der Waals surface area contributed by atoms with E-state index in [1.807, 2.05) is 7.05 Å². The Bertz CT molecular complexity index is 418. The molecule has 21 heavy (non-hydrogen) atoms. The highest BCUT2D eigenvalue weighted by Gasteiger charge is 2.28. The van der Waals surface area contributed by atoms with Crippen LogP contribution in [0, 0.1) is 11.8 Å². The topological polar surface area (TPSA) is 24.5 Å². The number of nitrogens with one attached hydrogen (secondary N) is 1. The Morgan fingerprint density at radius 2 is 1.90 bits per heavy atom. The lowest BCUT2D eigenvalue weighted by Crippen LogP contribution is -2.47. The van der Waals surface area contributed by atoms with Crippen molar-refractivity contribution >= 4 is 0 Å². The van der Waals surface area contributed by atoms with E-state index in [2.05, 4.69) is 55.3 Å². The summed E-state index contributed by atoms with van der Waals surface area (Å²) in [7, 11) is 1.96. The van der Waals surface area contributed by atoms with Gasteiger partial charge in [-0.3, -0.25) is 4.90 Å². The fourth-order valence-electron chi connectivity index (χ4n) is 3.32. The highest BCUT2D eigenvalue weighted by atomic mass is 16.5. The molecule has 0 amide bonds. The fraction of sp³-hybridized carbons (Fsp3) is 0.667. The van der Waals surface area contributed by atoms with Crippen LogP contribution in [0.15, 0.2) is 24.3 Å². The Balaban J connectivity index is 1.78. The van der Waals surface area contributed by atoms with E-state index in [9.17, 15) is 0 Å². The van der Waals surface area contributed by atoms with Gasteiger partial charge in [-0.05, 0) is 49.9 Å². The fourth-order valence-corrected chi connectivity index (χ4v) is 3.32. The van der Waals surface area contributed by atoms with Crippen LogP contribution in [0.2, 0.25) is 0 Å². The minimum atomic E-state index is 0.669. The molecule has 2 rings (SSSR count). The molecule has 3 heteroatoms. The summed E-state index contributed by atoms with van der Waals surface area (Å²) in [6, 6.07) is 9.05. The number of hydrogen-bond donors (Lipinski definition) is 1. The molecular weight excluding hydrogens is 260 g/mol. The van der Waals surface area contributed by atoms with E-state index in [1.54, 1.807) is 0 Å². The van der Waals surface area contributed by atoms with Gasteiger partial charge in [0.05, 0.1) is 0 Å². The maximum Gasteiger partial charge on any atom is 0.119 e. The van der Waals surface area contributed by atoms with Gasteiger partial charge in [-0.25, -0.2) is 0 Å². The number of piperidine rings is 1. The first-order valence-electron chi connectivity index (χ1n) is 8.20. The lowest BCUT2D eigenvalue weighted by molar-refractivity contribution is 0.0665. The minimum absolute atomic E-state index is 0.669. The van der Waals surface area contributed by atoms with Gasteiger partial charge in [-0.15, -0.1) is 0 Å². The van der Waals surface area contributed by atoms with Crippen LogP contribution in [0.3, 0.4) is 0 Å². The normalized spacial score (nSPS) is 26.8. The lowest BCUT2D eigenvalue weighted by atomic mass is 9.86. The molecule has 0 aliphatic carbocycles. The van der Waals surface area contributed by atoms with Crippen molar-refractivity contribution in [3.05, 3.63) is 29.8 Å². The average molecular weight is 290 g/mol. The summed E-state index contributed by atoms with van der Waals surface area (Å²) < 4.78 is 5.90. The number of nitrogens with zero attached hydrogens (tertiary/aromatic N) is 1. The minimum Gasteiger partial charge on any atom is -0.492 e. The smallest absolute Gasteiger partial charge is 0.119 e. The van der Waals surface area contributed by atoms with Crippen LogP contribution < -0.4 is 10.1 Å². The molecule has 1 N–H and O–H groups in total. The van der Waals surface area contributed by atoms with Crippen molar-refractivity contribution in [3.8, 4) is 5.75 Å². The van der Waals surface area contributed by atoms with E-state index in [4.69, 9.17) is 4.74 Å². The second-order valence-electron chi connectivity index (χ2n) is 6.58. The first-order chi connectivity index (χ1) is 10.1. The zero-order chi connectivity index (χ0) is 15.2. The van der Waals surface area contributed by atoms with Gasteiger partial charge in [0.2, 0.25) is 0 Å². The van der Waals surface area contributed by atoms with Crippen molar-refractivity contribution in [1.82, 2.24) is 10.2 Å². The van der Waals surface area contributed by atoms with Crippen LogP contribution in [-0.2, 0) is 6.54 Å². The van der Waals surface area contributed by atoms with Crippen molar-refractivity contribution in [2.45, 2.75) is 39.8 Å². The van der Waals surface area contributed by atoms with Gasteiger partial charge in [0.25, 0.3) is 0 Å². The molecule has 1 aromatic rings. The van der Waals surface area contributed by atoms with Crippen molar-refractivity contribution in [2.75, 3.05) is 26.7 Å². The molecule has 3 atom stereocenters. The molecule has 1 fully saturated rings. The maximum atomic E-state index is 5.90. The zero-order valence-electron chi connectivity index (χ0n) is 13.9. The van der Waals surface area contributed by atoms with E-state index >= 15 is 0 Å². The van der Waals surface area contributed by atoms with Gasteiger partial charge in [0.1, 0.15) is 12.4 Å². The number of hydrogen-bond acceptors (Lipinski definition) is 3. The van der Waals surface area contributed by atoms with Gasteiger partial charge in [0, 0.05) is 25.7 Å². The van der Waals surface area contributed by atoms with Crippen molar-refractivity contribution in [3.63, 3.8) is 0 Å². The van der Waals surface area contributed by atoms with Crippen LogP contribution in [0.4, 0.5) is 0 Å². The SMILES string of the molecule is CNCc1ccc(OCCN2CC(C)CC(C)C2C)cc1. The third-order valence-corrected chi connectivity index (χ3v) is 4.67. The Labute approximate surface area is 129 Å². The predicted octanol–water partition coefficient (Wildman–Crippen LogP) is 3.15. The number of ether oxygens (including phenoxy) is 1. The zero-order valence-corrected chi connectivity index (χ0v) is 13.9. The Morgan fingerprint density at radius 3 is 2.57 bits per heavy atom. The van der Waals surface area contributed by atoms with Gasteiger partial charge >= 0.3 is 0 Å². The second kappa shape index (κ2) is 7.81. The number of likely N-dealkylation sites (tertiary alicyclic amines) is 1. The Kier molecular flexibility index (Phi) is 6.07.